The summed E-state index contributed by atoms with van der Waals surface area (Å²) >= 11 is 1.64. The number of rotatable bonds is 7. The molecule has 0 unspecified atom stereocenters. The van der Waals surface area contributed by atoms with Gasteiger partial charge in [-0.1, -0.05) is 31.4 Å². The first-order valence-electron chi connectivity index (χ1n) is 10.9. The Morgan fingerprint density at radius 2 is 1.50 bits per heavy atom. The fourth-order valence-electron chi connectivity index (χ4n) is 4.36. The van der Waals surface area contributed by atoms with Crippen molar-refractivity contribution in [3.8, 4) is 34.3 Å². The van der Waals surface area contributed by atoms with E-state index in [4.69, 9.17) is 23.9 Å². The fraction of sp³-hybridized carbons (Fsp3) is 0.400. The van der Waals surface area contributed by atoms with Crippen molar-refractivity contribution in [2.45, 2.75) is 38.1 Å². The van der Waals surface area contributed by atoms with Crippen LogP contribution in [0.2, 0.25) is 0 Å². The zero-order chi connectivity index (χ0) is 22.5. The van der Waals surface area contributed by atoms with Crippen LogP contribution in [0.5, 0.6) is 23.0 Å². The summed E-state index contributed by atoms with van der Waals surface area (Å²) in [6.07, 6.45) is 6.05. The highest BCUT2D eigenvalue weighted by Gasteiger charge is 2.22. The van der Waals surface area contributed by atoms with E-state index in [2.05, 4.69) is 9.95 Å². The van der Waals surface area contributed by atoms with Crippen molar-refractivity contribution >= 4 is 17.0 Å². The van der Waals surface area contributed by atoms with Gasteiger partial charge in [0.05, 0.1) is 34.1 Å². The molecule has 1 aliphatic rings. The molecule has 0 aliphatic heterocycles. The van der Waals surface area contributed by atoms with Gasteiger partial charge in [0.15, 0.2) is 16.3 Å². The van der Waals surface area contributed by atoms with Crippen LogP contribution in [-0.4, -0.2) is 33.0 Å². The van der Waals surface area contributed by atoms with Crippen LogP contribution in [0.1, 0.15) is 38.1 Å². The molecular formula is C25H30N2O4S. The van der Waals surface area contributed by atoms with Gasteiger partial charge in [0.2, 0.25) is 5.75 Å². The molecule has 4 rings (SSSR count). The highest BCUT2D eigenvalue weighted by atomic mass is 32.1. The van der Waals surface area contributed by atoms with Crippen molar-refractivity contribution in [3.05, 3.63) is 46.6 Å². The normalized spacial score (nSPS) is 14.9. The number of ether oxygens (including phenoxy) is 4. The Bertz CT molecular complexity index is 1100. The van der Waals surface area contributed by atoms with Gasteiger partial charge in [-0.05, 0) is 37.1 Å². The van der Waals surface area contributed by atoms with Gasteiger partial charge in [0.25, 0.3) is 0 Å². The van der Waals surface area contributed by atoms with Gasteiger partial charge in [0, 0.05) is 17.0 Å². The van der Waals surface area contributed by atoms with Gasteiger partial charge in [-0.3, -0.25) is 0 Å². The first-order chi connectivity index (χ1) is 15.7. The molecule has 0 N–H and O–H groups in total. The maximum Gasteiger partial charge on any atom is 0.203 e. The lowest BCUT2D eigenvalue weighted by atomic mass is 9.95. The average Bonchev–Trinajstić information content (AvgIpc) is 3.27. The second-order valence-electron chi connectivity index (χ2n) is 7.76. The van der Waals surface area contributed by atoms with E-state index in [1.54, 1.807) is 39.8 Å². The summed E-state index contributed by atoms with van der Waals surface area (Å²) in [6.45, 7) is 0. The summed E-state index contributed by atoms with van der Waals surface area (Å²) in [4.78, 5) is 5.98. The van der Waals surface area contributed by atoms with E-state index in [0.29, 0.717) is 23.3 Å². The molecule has 32 heavy (non-hydrogen) atoms. The Labute approximate surface area is 193 Å². The summed E-state index contributed by atoms with van der Waals surface area (Å²) in [5.74, 6) is 2.65. The predicted octanol–water partition coefficient (Wildman–Crippen LogP) is 5.99. The molecule has 0 radical (unpaired) electrons. The molecule has 3 aromatic rings. The molecular weight excluding hydrogens is 424 g/mol. The SMILES string of the molecule is COc1ccccc1N=c1scc(-c2cc(OC)c(OC)c(OC)c2)n1C1CCCCC1. The number of para-hydroxylation sites is 2. The van der Waals surface area contributed by atoms with Gasteiger partial charge >= 0.3 is 0 Å². The lowest BCUT2D eigenvalue weighted by molar-refractivity contribution is 0.324. The van der Waals surface area contributed by atoms with E-state index in [1.807, 2.05) is 36.4 Å². The molecule has 7 heteroatoms. The highest BCUT2D eigenvalue weighted by Crippen LogP contribution is 2.42. The third-order valence-electron chi connectivity index (χ3n) is 5.94. The molecule has 1 aliphatic carbocycles. The number of aromatic nitrogens is 1. The van der Waals surface area contributed by atoms with Crippen molar-refractivity contribution in [3.63, 3.8) is 0 Å². The Hall–Kier alpha value is -2.93. The van der Waals surface area contributed by atoms with E-state index >= 15 is 0 Å². The molecule has 2 aromatic carbocycles. The van der Waals surface area contributed by atoms with E-state index < -0.39 is 0 Å². The Morgan fingerprint density at radius 1 is 0.844 bits per heavy atom. The van der Waals surface area contributed by atoms with Crippen molar-refractivity contribution in [1.29, 1.82) is 0 Å². The molecule has 0 bridgehead atoms. The molecule has 170 valence electrons. The largest absolute Gasteiger partial charge is 0.494 e. The maximum absolute atomic E-state index is 5.61. The van der Waals surface area contributed by atoms with Crippen LogP contribution in [0, 0.1) is 0 Å². The van der Waals surface area contributed by atoms with Crippen molar-refractivity contribution < 1.29 is 18.9 Å². The van der Waals surface area contributed by atoms with E-state index in [-0.39, 0.29) is 0 Å². The molecule has 0 spiro atoms. The topological polar surface area (TPSA) is 54.2 Å². The minimum absolute atomic E-state index is 0.401. The van der Waals surface area contributed by atoms with Gasteiger partial charge in [-0.25, -0.2) is 4.99 Å². The molecule has 1 fully saturated rings. The first-order valence-corrected chi connectivity index (χ1v) is 11.8. The number of nitrogens with zero attached hydrogens (tertiary/aromatic N) is 2. The summed E-state index contributed by atoms with van der Waals surface area (Å²) in [5, 5.41) is 2.17. The van der Waals surface area contributed by atoms with E-state index in [9.17, 15) is 0 Å². The molecule has 0 amide bonds. The smallest absolute Gasteiger partial charge is 0.203 e. The number of methoxy groups -OCH3 is 4. The number of thiazole rings is 1. The van der Waals surface area contributed by atoms with E-state index in [1.165, 1.54) is 19.3 Å². The van der Waals surface area contributed by atoms with Crippen LogP contribution in [0.25, 0.3) is 11.3 Å². The standard InChI is InChI=1S/C25H30N2O4S/c1-28-21-13-9-8-12-19(21)26-25-27(18-10-6-5-7-11-18)20(16-32-25)17-14-22(29-2)24(31-4)23(15-17)30-3/h8-9,12-16,18H,5-7,10-11H2,1-4H3. The summed E-state index contributed by atoms with van der Waals surface area (Å²) in [5.41, 5.74) is 2.95. The lowest BCUT2D eigenvalue weighted by Crippen LogP contribution is -2.23. The lowest BCUT2D eigenvalue weighted by Gasteiger charge is -2.25. The van der Waals surface area contributed by atoms with Crippen molar-refractivity contribution in [2.75, 3.05) is 28.4 Å². The molecule has 6 nitrogen and oxygen atoms in total. The molecule has 0 atom stereocenters. The van der Waals surface area contributed by atoms with E-state index in [0.717, 1.165) is 40.3 Å². The quantitative estimate of drug-likeness (QED) is 0.440. The molecule has 0 saturated heterocycles. The van der Waals surface area contributed by atoms with Gasteiger partial charge in [-0.2, -0.15) is 0 Å². The summed E-state index contributed by atoms with van der Waals surface area (Å²) in [6, 6.07) is 12.3. The Balaban J connectivity index is 1.91. The second-order valence-corrected chi connectivity index (χ2v) is 8.60. The predicted molar refractivity (Wildman–Crippen MR) is 128 cm³/mol. The molecule has 1 heterocycles. The van der Waals surface area contributed by atoms with Crippen LogP contribution >= 0.6 is 11.3 Å². The summed E-state index contributed by atoms with van der Waals surface area (Å²) in [7, 11) is 6.59. The van der Waals surface area contributed by atoms with Crippen LogP contribution in [0.4, 0.5) is 5.69 Å². The number of hydrogen-bond donors (Lipinski definition) is 0. The minimum Gasteiger partial charge on any atom is -0.494 e. The van der Waals surface area contributed by atoms with Crippen molar-refractivity contribution in [2.24, 2.45) is 4.99 Å². The zero-order valence-electron chi connectivity index (χ0n) is 19.1. The van der Waals surface area contributed by atoms with Crippen LogP contribution in [0.15, 0.2) is 46.8 Å². The highest BCUT2D eigenvalue weighted by molar-refractivity contribution is 7.07. The molecule has 1 saturated carbocycles. The zero-order valence-corrected chi connectivity index (χ0v) is 19.9. The monoisotopic (exact) mass is 454 g/mol. The van der Waals surface area contributed by atoms with Gasteiger partial charge in [0.1, 0.15) is 11.4 Å². The van der Waals surface area contributed by atoms with Gasteiger partial charge < -0.3 is 23.5 Å². The number of hydrogen-bond acceptors (Lipinski definition) is 6. The van der Waals surface area contributed by atoms with Crippen LogP contribution in [-0.2, 0) is 0 Å². The third kappa shape index (κ3) is 4.35. The average molecular weight is 455 g/mol. The third-order valence-corrected chi connectivity index (χ3v) is 6.78. The van der Waals surface area contributed by atoms with Crippen LogP contribution < -0.4 is 23.7 Å². The summed E-state index contributed by atoms with van der Waals surface area (Å²) < 4.78 is 24.7. The van der Waals surface area contributed by atoms with Gasteiger partial charge in [-0.15, -0.1) is 11.3 Å². The van der Waals surface area contributed by atoms with Crippen LogP contribution in [0.3, 0.4) is 0 Å². The maximum atomic E-state index is 5.61. The second kappa shape index (κ2) is 10.1. The fourth-order valence-corrected chi connectivity index (χ4v) is 5.34. The molecule has 1 aromatic heterocycles. The Kier molecular flexibility index (Phi) is 7.05. The first kappa shape index (κ1) is 22.3. The number of benzene rings is 2. The Morgan fingerprint density at radius 3 is 2.12 bits per heavy atom. The minimum atomic E-state index is 0.401. The van der Waals surface area contributed by atoms with Crippen molar-refractivity contribution in [1.82, 2.24) is 4.57 Å².